The zero-order valence-electron chi connectivity index (χ0n) is 8.03. The topological polar surface area (TPSA) is 71.1 Å². The highest BCUT2D eigenvalue weighted by molar-refractivity contribution is 5.69. The van der Waals surface area contributed by atoms with Gasteiger partial charge >= 0.3 is 5.97 Å². The molecule has 0 bridgehead atoms. The number of ether oxygens (including phenoxy) is 2. The Labute approximate surface area is 77.0 Å². The lowest BCUT2D eigenvalue weighted by atomic mass is 10.2. The number of epoxide rings is 1. The number of hydrogen-bond acceptors (Lipinski definition) is 4. The fourth-order valence-corrected chi connectivity index (χ4v) is 0.869. The van der Waals surface area contributed by atoms with E-state index in [9.17, 15) is 4.79 Å². The molecule has 5 heteroatoms. The van der Waals surface area contributed by atoms with E-state index in [1.54, 1.807) is 0 Å². The van der Waals surface area contributed by atoms with Crippen LogP contribution in [0.4, 0.5) is 0 Å². The number of hydrogen-bond donors (Lipinski definition) is 2. The van der Waals surface area contributed by atoms with Crippen molar-refractivity contribution in [2.75, 3.05) is 6.54 Å². The summed E-state index contributed by atoms with van der Waals surface area (Å²) in [5.41, 5.74) is -0.260. The van der Waals surface area contributed by atoms with Gasteiger partial charge in [-0.1, -0.05) is 0 Å². The third-order valence-electron chi connectivity index (χ3n) is 1.38. The van der Waals surface area contributed by atoms with Crippen LogP contribution >= 0.6 is 0 Å². The van der Waals surface area contributed by atoms with Gasteiger partial charge in [0.25, 0.3) is 0 Å². The van der Waals surface area contributed by atoms with Crippen molar-refractivity contribution >= 4 is 5.97 Å². The van der Waals surface area contributed by atoms with Gasteiger partial charge in [-0.3, -0.25) is 10.1 Å². The van der Waals surface area contributed by atoms with Crippen LogP contribution in [0.1, 0.15) is 20.8 Å². The standard InChI is InChI=1S/C8H15NO4/c1-8(2,3)13-7-6(12-7)9-4-5(10)11/h6-7,9H,4H2,1-3H3,(H,10,11). The van der Waals surface area contributed by atoms with E-state index in [1.165, 1.54) is 0 Å². The molecule has 76 valence electrons. The minimum absolute atomic E-state index is 0.103. The van der Waals surface area contributed by atoms with Crippen molar-refractivity contribution in [2.24, 2.45) is 0 Å². The van der Waals surface area contributed by atoms with Gasteiger partial charge in [-0.15, -0.1) is 0 Å². The maximum absolute atomic E-state index is 10.2. The molecule has 1 rings (SSSR count). The predicted molar refractivity (Wildman–Crippen MR) is 45.1 cm³/mol. The largest absolute Gasteiger partial charge is 0.480 e. The van der Waals surface area contributed by atoms with Crippen LogP contribution in [-0.2, 0) is 14.3 Å². The second kappa shape index (κ2) is 3.61. The number of rotatable bonds is 4. The second-order valence-electron chi connectivity index (χ2n) is 3.93. The Hall–Kier alpha value is -0.650. The van der Waals surface area contributed by atoms with Crippen LogP contribution < -0.4 is 5.32 Å². The summed E-state index contributed by atoms with van der Waals surface area (Å²) >= 11 is 0. The normalized spacial score (nSPS) is 27.3. The van der Waals surface area contributed by atoms with E-state index in [2.05, 4.69) is 5.32 Å². The van der Waals surface area contributed by atoms with E-state index in [1.807, 2.05) is 20.8 Å². The van der Waals surface area contributed by atoms with Crippen molar-refractivity contribution in [1.29, 1.82) is 0 Å². The van der Waals surface area contributed by atoms with E-state index in [0.29, 0.717) is 0 Å². The summed E-state index contributed by atoms with van der Waals surface area (Å²) < 4.78 is 10.5. The first kappa shape index (κ1) is 10.4. The summed E-state index contributed by atoms with van der Waals surface area (Å²) in [5, 5.41) is 11.0. The third kappa shape index (κ3) is 4.21. The van der Waals surface area contributed by atoms with Crippen molar-refractivity contribution in [3.05, 3.63) is 0 Å². The van der Waals surface area contributed by atoms with Crippen LogP contribution in [-0.4, -0.2) is 35.7 Å². The van der Waals surface area contributed by atoms with Crippen LogP contribution in [0.3, 0.4) is 0 Å². The lowest BCUT2D eigenvalue weighted by molar-refractivity contribution is -0.136. The molecule has 0 saturated carbocycles. The first-order valence-electron chi connectivity index (χ1n) is 4.17. The Morgan fingerprint density at radius 3 is 2.69 bits per heavy atom. The molecule has 5 nitrogen and oxygen atoms in total. The zero-order chi connectivity index (χ0) is 10.1. The van der Waals surface area contributed by atoms with Gasteiger partial charge in [-0.05, 0) is 20.8 Å². The van der Waals surface area contributed by atoms with Gasteiger partial charge in [0.05, 0.1) is 12.1 Å². The Balaban J connectivity index is 2.13. The van der Waals surface area contributed by atoms with Crippen LogP contribution in [0.5, 0.6) is 0 Å². The molecule has 0 aromatic rings. The first-order valence-corrected chi connectivity index (χ1v) is 4.17. The van der Waals surface area contributed by atoms with Gasteiger partial charge < -0.3 is 14.6 Å². The average molecular weight is 189 g/mol. The number of carboxylic acid groups (broad SMARTS) is 1. The molecule has 0 aliphatic carbocycles. The van der Waals surface area contributed by atoms with Crippen molar-refractivity contribution in [3.63, 3.8) is 0 Å². The van der Waals surface area contributed by atoms with Gasteiger partial charge in [0.15, 0.2) is 12.5 Å². The van der Waals surface area contributed by atoms with Crippen LogP contribution in [0, 0.1) is 0 Å². The number of nitrogens with one attached hydrogen (secondary N) is 1. The van der Waals surface area contributed by atoms with E-state index in [0.717, 1.165) is 0 Å². The molecule has 2 N–H and O–H groups in total. The van der Waals surface area contributed by atoms with Gasteiger partial charge in [0.2, 0.25) is 0 Å². The quantitative estimate of drug-likeness (QED) is 0.616. The monoisotopic (exact) mass is 189 g/mol. The summed E-state index contributed by atoms with van der Waals surface area (Å²) in [6, 6.07) is 0. The molecular weight excluding hydrogens is 174 g/mol. The molecule has 1 aliphatic heterocycles. The summed E-state index contributed by atoms with van der Waals surface area (Å²) in [6.07, 6.45) is -0.574. The zero-order valence-corrected chi connectivity index (χ0v) is 8.03. The van der Waals surface area contributed by atoms with Crippen molar-refractivity contribution < 1.29 is 19.4 Å². The highest BCUT2D eigenvalue weighted by atomic mass is 16.8. The Morgan fingerprint density at radius 1 is 1.62 bits per heavy atom. The third-order valence-corrected chi connectivity index (χ3v) is 1.38. The number of aliphatic carboxylic acids is 1. The SMILES string of the molecule is CC(C)(C)OC1OC1NCC(=O)O. The molecule has 0 spiro atoms. The molecule has 2 atom stereocenters. The Kier molecular flexibility index (Phi) is 2.90. The van der Waals surface area contributed by atoms with Gasteiger partial charge in [-0.2, -0.15) is 0 Å². The van der Waals surface area contributed by atoms with E-state index >= 15 is 0 Å². The van der Waals surface area contributed by atoms with E-state index in [4.69, 9.17) is 14.6 Å². The molecule has 1 heterocycles. The average Bonchev–Trinajstić information content (AvgIpc) is 2.59. The lowest BCUT2D eigenvalue weighted by Gasteiger charge is -2.17. The molecule has 2 unspecified atom stereocenters. The van der Waals surface area contributed by atoms with Gasteiger partial charge in [-0.25, -0.2) is 0 Å². The lowest BCUT2D eigenvalue weighted by Crippen LogP contribution is -2.29. The van der Waals surface area contributed by atoms with Crippen molar-refractivity contribution in [1.82, 2.24) is 5.32 Å². The molecule has 0 radical (unpaired) electrons. The van der Waals surface area contributed by atoms with Crippen molar-refractivity contribution in [3.8, 4) is 0 Å². The van der Waals surface area contributed by atoms with Crippen LogP contribution in [0.15, 0.2) is 0 Å². The van der Waals surface area contributed by atoms with Crippen LogP contribution in [0.25, 0.3) is 0 Å². The smallest absolute Gasteiger partial charge is 0.317 e. The maximum Gasteiger partial charge on any atom is 0.317 e. The molecular formula is C8H15NO4. The fourth-order valence-electron chi connectivity index (χ4n) is 0.869. The predicted octanol–water partition coefficient (Wildman–Crippen LogP) is 0.158. The summed E-state index contributed by atoms with van der Waals surface area (Å²) in [6.45, 7) is 5.66. The highest BCUT2D eigenvalue weighted by Crippen LogP contribution is 2.25. The summed E-state index contributed by atoms with van der Waals surface area (Å²) in [7, 11) is 0. The molecule has 1 aliphatic rings. The molecule has 1 fully saturated rings. The van der Waals surface area contributed by atoms with Crippen LogP contribution in [0.2, 0.25) is 0 Å². The molecule has 0 aromatic heterocycles. The molecule has 13 heavy (non-hydrogen) atoms. The fraction of sp³-hybridized carbons (Fsp3) is 0.875. The van der Waals surface area contributed by atoms with Gasteiger partial charge in [0.1, 0.15) is 0 Å². The molecule has 0 amide bonds. The highest BCUT2D eigenvalue weighted by Gasteiger charge is 2.42. The molecule has 1 saturated heterocycles. The molecule has 0 aromatic carbocycles. The minimum atomic E-state index is -0.898. The number of carboxylic acids is 1. The summed E-state index contributed by atoms with van der Waals surface area (Å²) in [5.74, 6) is -0.898. The van der Waals surface area contributed by atoms with Gasteiger partial charge in [0, 0.05) is 0 Å². The first-order chi connectivity index (χ1) is 5.88. The summed E-state index contributed by atoms with van der Waals surface area (Å²) in [4.78, 5) is 10.2. The number of carbonyl (C=O) groups is 1. The Morgan fingerprint density at radius 2 is 2.23 bits per heavy atom. The second-order valence-corrected chi connectivity index (χ2v) is 3.93. The maximum atomic E-state index is 10.2. The minimum Gasteiger partial charge on any atom is -0.480 e. The van der Waals surface area contributed by atoms with E-state index in [-0.39, 0.29) is 24.7 Å². The van der Waals surface area contributed by atoms with Crippen molar-refractivity contribution in [2.45, 2.75) is 38.9 Å². The Bertz CT molecular complexity index is 199. The van der Waals surface area contributed by atoms with E-state index < -0.39 is 5.97 Å².